The first-order valence-corrected chi connectivity index (χ1v) is 4.70. The molecule has 0 spiro atoms. The van der Waals surface area contributed by atoms with Crippen molar-refractivity contribution in [2.45, 2.75) is 13.0 Å². The summed E-state index contributed by atoms with van der Waals surface area (Å²) in [5, 5.41) is 22.4. The number of benzene rings is 1. The van der Waals surface area contributed by atoms with Crippen LogP contribution in [0.4, 0.5) is 17.1 Å². The van der Waals surface area contributed by atoms with Gasteiger partial charge in [0.1, 0.15) is 0 Å². The van der Waals surface area contributed by atoms with E-state index in [1.165, 1.54) is 12.1 Å². The van der Waals surface area contributed by atoms with Crippen molar-refractivity contribution in [2.24, 2.45) is 5.84 Å². The predicted molar refractivity (Wildman–Crippen MR) is 61.1 cm³/mol. The van der Waals surface area contributed by atoms with Crippen molar-refractivity contribution in [3.8, 4) is 0 Å². The summed E-state index contributed by atoms with van der Waals surface area (Å²) in [6, 6.07) is 4.15. The highest BCUT2D eigenvalue weighted by atomic mass is 16.6. The Morgan fingerprint density at radius 3 is 2.62 bits per heavy atom. The molecule has 0 aliphatic rings. The van der Waals surface area contributed by atoms with Crippen molar-refractivity contribution in [3.05, 3.63) is 28.3 Å². The lowest BCUT2D eigenvalue weighted by Crippen LogP contribution is -2.19. The van der Waals surface area contributed by atoms with Gasteiger partial charge in [0.15, 0.2) is 0 Å². The zero-order valence-corrected chi connectivity index (χ0v) is 8.80. The van der Waals surface area contributed by atoms with Gasteiger partial charge in [-0.2, -0.15) is 0 Å². The lowest BCUT2D eigenvalue weighted by atomic mass is 10.2. The van der Waals surface area contributed by atoms with Crippen LogP contribution < -0.4 is 16.6 Å². The number of nitrogen functional groups attached to an aromatic ring is 1. The first kappa shape index (κ1) is 12.2. The molecule has 7 nitrogen and oxygen atoms in total. The summed E-state index contributed by atoms with van der Waals surface area (Å²) >= 11 is 0. The van der Waals surface area contributed by atoms with E-state index in [9.17, 15) is 10.1 Å². The molecule has 16 heavy (non-hydrogen) atoms. The Labute approximate surface area is 92.4 Å². The molecule has 0 heterocycles. The van der Waals surface area contributed by atoms with E-state index in [1.807, 2.05) is 0 Å². The molecule has 1 aromatic rings. The van der Waals surface area contributed by atoms with Gasteiger partial charge >= 0.3 is 0 Å². The molecular formula is C9H14N4O3. The van der Waals surface area contributed by atoms with Crippen LogP contribution in [0.2, 0.25) is 0 Å². The zero-order valence-electron chi connectivity index (χ0n) is 8.80. The Bertz CT molecular complexity index is 383. The van der Waals surface area contributed by atoms with Gasteiger partial charge in [-0.3, -0.25) is 16.0 Å². The lowest BCUT2D eigenvalue weighted by molar-refractivity contribution is -0.384. The maximum absolute atomic E-state index is 10.6. The van der Waals surface area contributed by atoms with E-state index < -0.39 is 4.92 Å². The lowest BCUT2D eigenvalue weighted by Gasteiger charge is -2.13. The molecule has 88 valence electrons. The van der Waals surface area contributed by atoms with E-state index in [4.69, 9.17) is 10.9 Å². The molecule has 7 heteroatoms. The minimum absolute atomic E-state index is 0.0614. The van der Waals surface area contributed by atoms with E-state index in [2.05, 4.69) is 10.7 Å². The maximum atomic E-state index is 10.6. The van der Waals surface area contributed by atoms with Crippen LogP contribution in [0.1, 0.15) is 6.92 Å². The number of nitro groups is 1. The molecule has 0 bridgehead atoms. The quantitative estimate of drug-likeness (QED) is 0.333. The third-order valence-corrected chi connectivity index (χ3v) is 1.98. The highest BCUT2D eigenvalue weighted by Crippen LogP contribution is 2.24. The number of nitrogens with two attached hydrogens (primary N) is 1. The molecule has 0 amide bonds. The highest BCUT2D eigenvalue weighted by molar-refractivity contribution is 5.63. The van der Waals surface area contributed by atoms with Crippen LogP contribution >= 0.6 is 0 Å². The van der Waals surface area contributed by atoms with Gasteiger partial charge in [-0.1, -0.05) is 0 Å². The number of hydrogen-bond acceptors (Lipinski definition) is 6. The van der Waals surface area contributed by atoms with Crippen LogP contribution in [0.5, 0.6) is 0 Å². The molecule has 0 saturated carbocycles. The summed E-state index contributed by atoms with van der Waals surface area (Å²) in [7, 11) is 0. The second kappa shape index (κ2) is 5.29. The molecule has 0 fully saturated rings. The molecule has 0 saturated heterocycles. The summed E-state index contributed by atoms with van der Waals surface area (Å²) in [6.45, 7) is 1.70. The van der Waals surface area contributed by atoms with Gasteiger partial charge in [0.25, 0.3) is 5.69 Å². The summed E-state index contributed by atoms with van der Waals surface area (Å²) in [6.07, 6.45) is 0. The Hall–Kier alpha value is -1.86. The fourth-order valence-electron chi connectivity index (χ4n) is 1.21. The Kier molecular flexibility index (Phi) is 4.03. The van der Waals surface area contributed by atoms with Crippen LogP contribution in [0, 0.1) is 10.1 Å². The maximum Gasteiger partial charge on any atom is 0.273 e. The van der Waals surface area contributed by atoms with Crippen LogP contribution in [0.3, 0.4) is 0 Å². The average molecular weight is 226 g/mol. The number of aliphatic hydroxyl groups excluding tert-OH is 1. The standard InChI is InChI=1S/C9H14N4O3/c1-6(5-14)11-7-2-8(12-10)4-9(3-7)13(15)16/h2-4,6,11-12,14H,5,10H2,1H3. The SMILES string of the molecule is CC(CO)Nc1cc(NN)cc([N+](=O)[O-])c1. The second-order valence-corrected chi connectivity index (χ2v) is 3.40. The molecule has 0 radical (unpaired) electrons. The predicted octanol–water partition coefficient (Wildman–Crippen LogP) is 0.673. The second-order valence-electron chi connectivity index (χ2n) is 3.40. The fraction of sp³-hybridized carbons (Fsp3) is 0.333. The van der Waals surface area contributed by atoms with Crippen LogP contribution in [-0.4, -0.2) is 22.7 Å². The highest BCUT2D eigenvalue weighted by Gasteiger charge is 2.10. The van der Waals surface area contributed by atoms with E-state index in [0.717, 1.165) is 0 Å². The van der Waals surface area contributed by atoms with Gasteiger partial charge in [-0.05, 0) is 13.0 Å². The number of nitrogens with zero attached hydrogens (tertiary/aromatic N) is 1. The number of nitrogens with one attached hydrogen (secondary N) is 2. The van der Waals surface area contributed by atoms with Crippen molar-refractivity contribution in [1.29, 1.82) is 0 Å². The minimum Gasteiger partial charge on any atom is -0.394 e. The normalized spacial score (nSPS) is 11.9. The van der Waals surface area contributed by atoms with Crippen LogP contribution in [0.15, 0.2) is 18.2 Å². The smallest absolute Gasteiger partial charge is 0.273 e. The van der Waals surface area contributed by atoms with E-state index in [1.54, 1.807) is 13.0 Å². The molecule has 0 aromatic heterocycles. The van der Waals surface area contributed by atoms with Crippen molar-refractivity contribution in [1.82, 2.24) is 0 Å². The first-order valence-electron chi connectivity index (χ1n) is 4.70. The number of aliphatic hydroxyl groups is 1. The number of nitro benzene ring substituents is 1. The van der Waals surface area contributed by atoms with Gasteiger partial charge in [-0.15, -0.1) is 0 Å². The van der Waals surface area contributed by atoms with Crippen LogP contribution in [-0.2, 0) is 0 Å². The molecule has 1 rings (SSSR count). The Balaban J connectivity index is 2.99. The molecule has 1 unspecified atom stereocenters. The number of non-ortho nitro benzene ring substituents is 1. The number of hydrogen-bond donors (Lipinski definition) is 4. The first-order chi connectivity index (χ1) is 7.56. The van der Waals surface area contributed by atoms with Crippen molar-refractivity contribution >= 4 is 17.1 Å². The van der Waals surface area contributed by atoms with Crippen molar-refractivity contribution < 1.29 is 10.0 Å². The van der Waals surface area contributed by atoms with Gasteiger partial charge in [0, 0.05) is 23.9 Å². The number of rotatable bonds is 5. The summed E-state index contributed by atoms with van der Waals surface area (Å²) < 4.78 is 0. The molecule has 5 N–H and O–H groups in total. The average Bonchev–Trinajstić information content (AvgIpc) is 2.28. The van der Waals surface area contributed by atoms with E-state index >= 15 is 0 Å². The monoisotopic (exact) mass is 226 g/mol. The topological polar surface area (TPSA) is 113 Å². The zero-order chi connectivity index (χ0) is 12.1. The summed E-state index contributed by atoms with van der Waals surface area (Å²) in [5.74, 6) is 5.20. The largest absolute Gasteiger partial charge is 0.394 e. The van der Waals surface area contributed by atoms with Crippen molar-refractivity contribution in [2.75, 3.05) is 17.3 Å². The Morgan fingerprint density at radius 2 is 2.12 bits per heavy atom. The Morgan fingerprint density at radius 1 is 1.50 bits per heavy atom. The van der Waals surface area contributed by atoms with Gasteiger partial charge in [0.05, 0.1) is 17.2 Å². The summed E-state index contributed by atoms with van der Waals surface area (Å²) in [4.78, 5) is 10.1. The third-order valence-electron chi connectivity index (χ3n) is 1.98. The molecule has 0 aliphatic heterocycles. The van der Waals surface area contributed by atoms with E-state index in [-0.39, 0.29) is 18.3 Å². The number of hydrazine groups is 1. The summed E-state index contributed by atoms with van der Waals surface area (Å²) in [5.41, 5.74) is 3.24. The van der Waals surface area contributed by atoms with Gasteiger partial charge < -0.3 is 15.8 Å². The third kappa shape index (κ3) is 3.07. The number of anilines is 2. The van der Waals surface area contributed by atoms with Gasteiger partial charge in [-0.25, -0.2) is 0 Å². The fourth-order valence-corrected chi connectivity index (χ4v) is 1.21. The van der Waals surface area contributed by atoms with Crippen LogP contribution in [0.25, 0.3) is 0 Å². The molecular weight excluding hydrogens is 212 g/mol. The van der Waals surface area contributed by atoms with Crippen molar-refractivity contribution in [3.63, 3.8) is 0 Å². The van der Waals surface area contributed by atoms with E-state index in [0.29, 0.717) is 11.4 Å². The van der Waals surface area contributed by atoms with Gasteiger partial charge in [0.2, 0.25) is 0 Å². The molecule has 1 atom stereocenters. The molecule has 0 aliphatic carbocycles. The molecule has 1 aromatic carbocycles. The minimum atomic E-state index is -0.504.